The molecule has 0 bridgehead atoms. The maximum absolute atomic E-state index is 12.6. The summed E-state index contributed by atoms with van der Waals surface area (Å²) in [6.07, 6.45) is -3.45. The molecule has 0 atom stereocenters. The van der Waals surface area contributed by atoms with Gasteiger partial charge in [-0.2, -0.15) is 13.2 Å². The number of hydrogen-bond donors (Lipinski definition) is 2. The van der Waals surface area contributed by atoms with Crippen molar-refractivity contribution < 1.29 is 18.0 Å². The zero-order chi connectivity index (χ0) is 14.6. The number of rotatable bonds is 4. The van der Waals surface area contributed by atoms with Gasteiger partial charge in [-0.3, -0.25) is 4.79 Å². The van der Waals surface area contributed by atoms with Crippen molar-refractivity contribution in [2.24, 2.45) is 0 Å². The van der Waals surface area contributed by atoms with Gasteiger partial charge >= 0.3 is 6.18 Å². The number of anilines is 2. The Kier molecular flexibility index (Phi) is 4.58. The summed E-state index contributed by atoms with van der Waals surface area (Å²) in [7, 11) is 0. The van der Waals surface area contributed by atoms with Crippen LogP contribution in [-0.4, -0.2) is 11.9 Å². The van der Waals surface area contributed by atoms with Gasteiger partial charge < -0.3 is 10.6 Å². The molecule has 0 heterocycles. The van der Waals surface area contributed by atoms with Crippen LogP contribution in [0.2, 0.25) is 0 Å². The van der Waals surface area contributed by atoms with E-state index in [4.69, 9.17) is 0 Å². The van der Waals surface area contributed by atoms with E-state index in [1.165, 1.54) is 6.07 Å². The second-order valence-electron chi connectivity index (χ2n) is 4.25. The predicted molar refractivity (Wildman–Crippen MR) is 69.0 cm³/mol. The molecule has 104 valence electrons. The van der Waals surface area contributed by atoms with Crippen LogP contribution in [0.1, 0.15) is 19.4 Å². The van der Waals surface area contributed by atoms with Gasteiger partial charge in [0.15, 0.2) is 0 Å². The van der Waals surface area contributed by atoms with E-state index in [1.807, 2.05) is 13.8 Å². The minimum Gasteiger partial charge on any atom is -0.381 e. The third-order valence-electron chi connectivity index (χ3n) is 2.23. The van der Waals surface area contributed by atoms with Crippen LogP contribution < -0.4 is 10.6 Å². The van der Waals surface area contributed by atoms with Crippen molar-refractivity contribution in [3.05, 3.63) is 36.4 Å². The van der Waals surface area contributed by atoms with Gasteiger partial charge in [0.25, 0.3) is 0 Å². The number of nitrogens with one attached hydrogen (secondary N) is 2. The first-order valence-corrected chi connectivity index (χ1v) is 5.65. The number of hydrogen-bond acceptors (Lipinski definition) is 2. The molecule has 0 fully saturated rings. The van der Waals surface area contributed by atoms with Gasteiger partial charge in [0.1, 0.15) is 0 Å². The molecule has 1 aromatic rings. The minimum absolute atomic E-state index is 0.0242. The van der Waals surface area contributed by atoms with E-state index in [9.17, 15) is 18.0 Å². The Morgan fingerprint density at radius 1 is 1.32 bits per heavy atom. The Morgan fingerprint density at radius 2 is 1.95 bits per heavy atom. The highest BCUT2D eigenvalue weighted by molar-refractivity contribution is 6.01. The molecule has 0 saturated carbocycles. The molecule has 0 radical (unpaired) electrons. The van der Waals surface area contributed by atoms with Crippen LogP contribution in [0.5, 0.6) is 0 Å². The van der Waals surface area contributed by atoms with Gasteiger partial charge in [-0.1, -0.05) is 6.58 Å². The molecule has 3 nitrogen and oxygen atoms in total. The van der Waals surface area contributed by atoms with Crippen molar-refractivity contribution in [1.82, 2.24) is 0 Å². The molecule has 0 unspecified atom stereocenters. The molecule has 2 N–H and O–H groups in total. The van der Waals surface area contributed by atoms with Crippen molar-refractivity contribution in [3.63, 3.8) is 0 Å². The lowest BCUT2D eigenvalue weighted by Crippen LogP contribution is -2.16. The Morgan fingerprint density at radius 3 is 2.42 bits per heavy atom. The van der Waals surface area contributed by atoms with Crippen molar-refractivity contribution >= 4 is 17.3 Å². The SMILES string of the molecule is C=CC(=O)Nc1cc(C(F)(F)F)ccc1NC(C)C. The molecule has 1 rings (SSSR count). The molecule has 6 heteroatoms. The number of carbonyl (C=O) groups excluding carboxylic acids is 1. The lowest BCUT2D eigenvalue weighted by molar-refractivity contribution is -0.137. The summed E-state index contributed by atoms with van der Waals surface area (Å²) in [5.41, 5.74) is -0.312. The van der Waals surface area contributed by atoms with Crippen molar-refractivity contribution in [2.45, 2.75) is 26.1 Å². The summed E-state index contributed by atoms with van der Waals surface area (Å²) in [6.45, 7) is 6.95. The summed E-state index contributed by atoms with van der Waals surface area (Å²) in [5.74, 6) is -0.564. The van der Waals surface area contributed by atoms with Crippen LogP contribution in [0, 0.1) is 0 Å². The highest BCUT2D eigenvalue weighted by Crippen LogP contribution is 2.34. The number of amides is 1. The zero-order valence-corrected chi connectivity index (χ0v) is 10.6. The number of halogens is 3. The summed E-state index contributed by atoms with van der Waals surface area (Å²) >= 11 is 0. The van der Waals surface area contributed by atoms with Crippen LogP contribution in [0.4, 0.5) is 24.5 Å². The number of benzene rings is 1. The fourth-order valence-electron chi connectivity index (χ4n) is 1.44. The van der Waals surface area contributed by atoms with Gasteiger partial charge in [0, 0.05) is 6.04 Å². The largest absolute Gasteiger partial charge is 0.416 e. The van der Waals surface area contributed by atoms with Crippen molar-refractivity contribution in [3.8, 4) is 0 Å². The van der Waals surface area contributed by atoms with Crippen LogP contribution in [0.15, 0.2) is 30.9 Å². The van der Waals surface area contributed by atoms with E-state index in [2.05, 4.69) is 17.2 Å². The Labute approximate surface area is 109 Å². The first kappa shape index (κ1) is 15.1. The molecule has 1 amide bonds. The van der Waals surface area contributed by atoms with Gasteiger partial charge in [0.05, 0.1) is 16.9 Å². The minimum atomic E-state index is -4.45. The Balaban J connectivity index is 3.17. The lowest BCUT2D eigenvalue weighted by atomic mass is 10.1. The van der Waals surface area contributed by atoms with Crippen molar-refractivity contribution in [1.29, 1.82) is 0 Å². The van der Waals surface area contributed by atoms with E-state index < -0.39 is 17.6 Å². The quantitative estimate of drug-likeness (QED) is 0.821. The predicted octanol–water partition coefficient (Wildman–Crippen LogP) is 3.65. The monoisotopic (exact) mass is 272 g/mol. The van der Waals surface area contributed by atoms with Crippen LogP contribution >= 0.6 is 0 Å². The molecule has 1 aromatic carbocycles. The highest BCUT2D eigenvalue weighted by atomic mass is 19.4. The fraction of sp³-hybridized carbons (Fsp3) is 0.308. The average Bonchev–Trinajstić information content (AvgIpc) is 2.29. The van der Waals surface area contributed by atoms with Gasteiger partial charge in [0.2, 0.25) is 5.91 Å². The fourth-order valence-corrected chi connectivity index (χ4v) is 1.44. The second kappa shape index (κ2) is 5.77. The summed E-state index contributed by atoms with van der Waals surface area (Å²) in [5, 5.41) is 5.32. The van der Waals surface area contributed by atoms with Crippen LogP contribution in [0.3, 0.4) is 0 Å². The topological polar surface area (TPSA) is 41.1 Å². The second-order valence-corrected chi connectivity index (χ2v) is 4.25. The van der Waals surface area contributed by atoms with E-state index >= 15 is 0 Å². The summed E-state index contributed by atoms with van der Waals surface area (Å²) in [6, 6.07) is 3.18. The Bertz CT molecular complexity index is 481. The normalized spacial score (nSPS) is 11.3. The molecule has 0 aliphatic rings. The maximum Gasteiger partial charge on any atom is 0.416 e. The molecule has 0 aliphatic heterocycles. The van der Waals surface area contributed by atoms with Gasteiger partial charge in [-0.15, -0.1) is 0 Å². The standard InChI is InChI=1S/C13H15F3N2O/c1-4-12(19)18-11-7-9(13(14,15)16)5-6-10(11)17-8(2)3/h4-8,17H,1H2,2-3H3,(H,18,19). The van der Waals surface area contributed by atoms with E-state index in [1.54, 1.807) is 0 Å². The third kappa shape index (κ3) is 4.31. The molecular weight excluding hydrogens is 257 g/mol. The summed E-state index contributed by atoms with van der Waals surface area (Å²) < 4.78 is 37.9. The molecule has 0 spiro atoms. The lowest BCUT2D eigenvalue weighted by Gasteiger charge is -2.17. The van der Waals surface area contributed by atoms with E-state index in [0.29, 0.717) is 5.69 Å². The smallest absolute Gasteiger partial charge is 0.381 e. The average molecular weight is 272 g/mol. The van der Waals surface area contributed by atoms with E-state index in [-0.39, 0.29) is 11.7 Å². The Hall–Kier alpha value is -1.98. The molecule has 0 saturated heterocycles. The molecule has 0 aliphatic carbocycles. The number of alkyl halides is 3. The van der Waals surface area contributed by atoms with Gasteiger partial charge in [-0.25, -0.2) is 0 Å². The van der Waals surface area contributed by atoms with Crippen LogP contribution in [-0.2, 0) is 11.0 Å². The molecular formula is C13H15F3N2O. The van der Waals surface area contributed by atoms with Crippen molar-refractivity contribution in [2.75, 3.05) is 10.6 Å². The first-order valence-electron chi connectivity index (χ1n) is 5.65. The number of carbonyl (C=O) groups is 1. The highest BCUT2D eigenvalue weighted by Gasteiger charge is 2.31. The summed E-state index contributed by atoms with van der Waals surface area (Å²) in [4.78, 5) is 11.2. The zero-order valence-electron chi connectivity index (χ0n) is 10.6. The van der Waals surface area contributed by atoms with Gasteiger partial charge in [-0.05, 0) is 38.1 Å². The van der Waals surface area contributed by atoms with Crippen LogP contribution in [0.25, 0.3) is 0 Å². The third-order valence-corrected chi connectivity index (χ3v) is 2.23. The molecule has 0 aromatic heterocycles. The first-order chi connectivity index (χ1) is 8.74. The maximum atomic E-state index is 12.6. The molecule has 19 heavy (non-hydrogen) atoms. The van der Waals surface area contributed by atoms with E-state index in [0.717, 1.165) is 18.2 Å².